The van der Waals surface area contributed by atoms with Crippen molar-refractivity contribution in [3.63, 3.8) is 0 Å². The number of hydrogen-bond donors (Lipinski definition) is 2. The Balaban J connectivity index is 0.000000801. The summed E-state index contributed by atoms with van der Waals surface area (Å²) in [5.74, 6) is -2.54. The van der Waals surface area contributed by atoms with Crippen LogP contribution < -0.4 is 9.47 Å². The largest absolute Gasteiger partial charge is 0.493 e. The molecule has 1 aliphatic rings. The van der Waals surface area contributed by atoms with Gasteiger partial charge in [0.05, 0.1) is 19.3 Å². The van der Waals surface area contributed by atoms with Crippen LogP contribution in [0.4, 0.5) is 13.2 Å². The predicted molar refractivity (Wildman–Crippen MR) is 158 cm³/mol. The number of ether oxygens (including phenoxy) is 2. The summed E-state index contributed by atoms with van der Waals surface area (Å²) in [6.45, 7) is 4.54. The molecule has 0 saturated carbocycles. The highest BCUT2D eigenvalue weighted by Crippen LogP contribution is 2.36. The van der Waals surface area contributed by atoms with E-state index in [2.05, 4.69) is 4.90 Å². The molecule has 2 N–H and O–H groups in total. The third-order valence-corrected chi connectivity index (χ3v) is 6.98. The van der Waals surface area contributed by atoms with Gasteiger partial charge < -0.3 is 24.6 Å². The predicted octanol–water partition coefficient (Wildman–Crippen LogP) is 6.44. The Bertz CT molecular complexity index is 1460. The number of aliphatic carboxylic acids is 2. The van der Waals surface area contributed by atoms with Crippen molar-refractivity contribution in [2.24, 2.45) is 0 Å². The van der Waals surface area contributed by atoms with Gasteiger partial charge in [-0.2, -0.15) is 13.2 Å². The molecule has 0 radical (unpaired) electrons. The first-order chi connectivity index (χ1) is 20.9. The number of carboxylic acids is 2. The maximum atomic E-state index is 13.4. The van der Waals surface area contributed by atoms with Crippen molar-refractivity contribution in [1.29, 1.82) is 0 Å². The number of carboxylic acid groups (broad SMARTS) is 2. The van der Waals surface area contributed by atoms with Gasteiger partial charge in [-0.3, -0.25) is 4.79 Å². The van der Waals surface area contributed by atoms with Crippen LogP contribution in [0.2, 0.25) is 0 Å². The van der Waals surface area contributed by atoms with E-state index in [9.17, 15) is 18.0 Å². The highest BCUT2D eigenvalue weighted by atomic mass is 19.4. The Kier molecular flexibility index (Phi) is 12.1. The van der Waals surface area contributed by atoms with E-state index in [1.807, 2.05) is 30.3 Å². The molecule has 0 aliphatic carbocycles. The van der Waals surface area contributed by atoms with E-state index < -0.39 is 23.7 Å². The Morgan fingerprint density at radius 2 is 1.45 bits per heavy atom. The van der Waals surface area contributed by atoms with Crippen LogP contribution >= 0.6 is 0 Å². The zero-order valence-corrected chi connectivity index (χ0v) is 24.4. The van der Waals surface area contributed by atoms with Crippen LogP contribution in [-0.2, 0) is 15.8 Å². The summed E-state index contributed by atoms with van der Waals surface area (Å²) in [4.78, 5) is 32.1. The topological polar surface area (TPSA) is 113 Å². The summed E-state index contributed by atoms with van der Waals surface area (Å²) < 4.78 is 51.5. The number of carbonyl (C=O) groups is 3. The molecule has 11 heteroatoms. The second-order valence-corrected chi connectivity index (χ2v) is 10.00. The first-order valence-electron chi connectivity index (χ1n) is 13.9. The van der Waals surface area contributed by atoms with Gasteiger partial charge in [-0.1, -0.05) is 48.0 Å². The molecule has 1 saturated heterocycles. The van der Waals surface area contributed by atoms with E-state index in [-0.39, 0.29) is 5.78 Å². The number of carbonyl (C=O) groups excluding carboxylic acids is 1. The molecule has 0 bridgehead atoms. The van der Waals surface area contributed by atoms with Crippen LogP contribution in [0.25, 0.3) is 5.57 Å². The van der Waals surface area contributed by atoms with Gasteiger partial charge in [0, 0.05) is 25.2 Å². The zero-order chi connectivity index (χ0) is 32.3. The number of methoxy groups -OCH3 is 1. The van der Waals surface area contributed by atoms with Crippen LogP contribution in [0.1, 0.15) is 53.2 Å². The number of benzene rings is 3. The number of rotatable bonds is 9. The fourth-order valence-electron chi connectivity index (χ4n) is 4.80. The van der Waals surface area contributed by atoms with Crippen LogP contribution in [0.3, 0.4) is 0 Å². The molecule has 4 rings (SSSR count). The van der Waals surface area contributed by atoms with Crippen LogP contribution in [0.15, 0.2) is 78.4 Å². The van der Waals surface area contributed by atoms with Gasteiger partial charge in [0.2, 0.25) is 0 Å². The lowest BCUT2D eigenvalue weighted by molar-refractivity contribution is -0.159. The van der Waals surface area contributed by atoms with Gasteiger partial charge in [0.25, 0.3) is 0 Å². The Morgan fingerprint density at radius 1 is 0.818 bits per heavy atom. The van der Waals surface area contributed by atoms with Gasteiger partial charge >= 0.3 is 18.1 Å². The molecule has 0 atom stereocenters. The standard InChI is InChI=1S/C31H32F3NO3.C2H2O4/c1-22(36)25-12-13-28(29(21-25)37-2)38-19-7-16-35-17-14-24(15-18-35)30(23-8-4-3-5-9-23)26-10-6-11-27(20-26)31(32,33)34;3-1(4)2(5)6/h3-6,8-13,20-21H,7,14-19H2,1-2H3;(H,3,4)(H,5,6). The third kappa shape index (κ3) is 9.70. The van der Waals surface area contributed by atoms with Gasteiger partial charge in [-0.05, 0) is 73.2 Å². The smallest absolute Gasteiger partial charge is 0.416 e. The van der Waals surface area contributed by atoms with Crippen molar-refractivity contribution in [1.82, 2.24) is 4.90 Å². The fourth-order valence-corrected chi connectivity index (χ4v) is 4.80. The third-order valence-electron chi connectivity index (χ3n) is 6.98. The maximum Gasteiger partial charge on any atom is 0.416 e. The fraction of sp³-hybridized carbons (Fsp3) is 0.303. The quantitative estimate of drug-likeness (QED) is 0.161. The number of likely N-dealkylation sites (tertiary alicyclic amines) is 1. The van der Waals surface area contributed by atoms with Crippen molar-refractivity contribution < 1.29 is 47.2 Å². The van der Waals surface area contributed by atoms with Crippen LogP contribution in [-0.4, -0.2) is 66.2 Å². The van der Waals surface area contributed by atoms with Gasteiger partial charge in [-0.15, -0.1) is 0 Å². The van der Waals surface area contributed by atoms with Crippen molar-refractivity contribution >= 4 is 23.3 Å². The van der Waals surface area contributed by atoms with Crippen molar-refractivity contribution in [3.05, 3.63) is 101 Å². The highest BCUT2D eigenvalue weighted by Gasteiger charge is 2.31. The number of piperidine rings is 1. The summed E-state index contributed by atoms with van der Waals surface area (Å²) in [5.41, 5.74) is 3.57. The number of hydrogen-bond acceptors (Lipinski definition) is 6. The molecule has 1 fully saturated rings. The minimum atomic E-state index is -4.38. The van der Waals surface area contributed by atoms with Crippen LogP contribution in [0, 0.1) is 0 Å². The van der Waals surface area contributed by atoms with Crippen LogP contribution in [0.5, 0.6) is 11.5 Å². The average Bonchev–Trinajstić information content (AvgIpc) is 3.00. The van der Waals surface area contributed by atoms with E-state index in [0.29, 0.717) is 29.2 Å². The number of halogens is 3. The molecular weight excluding hydrogens is 579 g/mol. The lowest BCUT2D eigenvalue weighted by Gasteiger charge is -2.30. The number of nitrogens with zero attached hydrogens (tertiary/aromatic N) is 1. The van der Waals surface area contributed by atoms with Gasteiger partial charge in [-0.25, -0.2) is 9.59 Å². The lowest BCUT2D eigenvalue weighted by atomic mass is 9.87. The zero-order valence-electron chi connectivity index (χ0n) is 24.4. The molecule has 8 nitrogen and oxygen atoms in total. The lowest BCUT2D eigenvalue weighted by Crippen LogP contribution is -2.32. The number of Topliss-reactive ketones (excluding diaryl/α,β-unsaturated/α-hetero) is 1. The SMILES string of the molecule is COc1cc(C(C)=O)ccc1OCCCN1CCC(=C(c2ccccc2)c2cccc(C(F)(F)F)c2)CC1.O=C(O)C(=O)O. The molecule has 234 valence electrons. The van der Waals surface area contributed by atoms with Crippen molar-refractivity contribution in [3.8, 4) is 11.5 Å². The monoisotopic (exact) mass is 613 g/mol. The Morgan fingerprint density at radius 3 is 2.02 bits per heavy atom. The molecule has 0 aromatic heterocycles. The van der Waals surface area contributed by atoms with E-state index in [4.69, 9.17) is 29.3 Å². The molecule has 44 heavy (non-hydrogen) atoms. The summed E-state index contributed by atoms with van der Waals surface area (Å²) in [6, 6.07) is 20.5. The molecule has 3 aromatic carbocycles. The molecule has 3 aromatic rings. The molecule has 0 unspecified atom stereocenters. The normalized spacial score (nSPS) is 13.3. The summed E-state index contributed by atoms with van der Waals surface area (Å²) >= 11 is 0. The average molecular weight is 614 g/mol. The molecule has 0 spiro atoms. The van der Waals surface area contributed by atoms with E-state index in [0.717, 1.165) is 56.1 Å². The second-order valence-electron chi connectivity index (χ2n) is 10.00. The van der Waals surface area contributed by atoms with E-state index in [1.165, 1.54) is 24.6 Å². The molecule has 0 amide bonds. The number of ketones is 1. The first-order valence-corrected chi connectivity index (χ1v) is 13.9. The van der Waals surface area contributed by atoms with Gasteiger partial charge in [0.15, 0.2) is 17.3 Å². The highest BCUT2D eigenvalue weighted by molar-refractivity contribution is 6.27. The molecule has 1 aliphatic heterocycles. The minimum Gasteiger partial charge on any atom is -0.493 e. The second kappa shape index (κ2) is 15.7. The summed E-state index contributed by atoms with van der Waals surface area (Å²) in [6.07, 6.45) is -1.98. The maximum absolute atomic E-state index is 13.4. The molecular formula is C33H34F3NO7. The minimum absolute atomic E-state index is 0.0307. The first kappa shape index (κ1) is 33.9. The van der Waals surface area contributed by atoms with Crippen molar-refractivity contribution in [2.45, 2.75) is 32.4 Å². The summed E-state index contributed by atoms with van der Waals surface area (Å²) in [7, 11) is 1.55. The van der Waals surface area contributed by atoms with E-state index >= 15 is 0 Å². The number of alkyl halides is 3. The Labute approximate surface area is 253 Å². The van der Waals surface area contributed by atoms with E-state index in [1.54, 1.807) is 31.4 Å². The van der Waals surface area contributed by atoms with Crippen molar-refractivity contribution in [2.75, 3.05) is 33.4 Å². The Hall–Kier alpha value is -4.64. The van der Waals surface area contributed by atoms with Gasteiger partial charge in [0.1, 0.15) is 0 Å². The molecule has 1 heterocycles. The summed E-state index contributed by atoms with van der Waals surface area (Å²) in [5, 5.41) is 14.8.